The van der Waals surface area contributed by atoms with Gasteiger partial charge in [0.05, 0.1) is 27.9 Å². The average Bonchev–Trinajstić information content (AvgIpc) is 2.17. The summed E-state index contributed by atoms with van der Waals surface area (Å²) in [4.78, 5) is 0. The molecule has 2 nitrogen and oxygen atoms in total. The molecule has 1 rings (SSSR count). The lowest BCUT2D eigenvalue weighted by molar-refractivity contribution is 1.14. The summed E-state index contributed by atoms with van der Waals surface area (Å²) in [5, 5.41) is 2.95. The van der Waals surface area contributed by atoms with Gasteiger partial charge in [0.1, 0.15) is 5.82 Å². The fourth-order valence-corrected chi connectivity index (χ4v) is 2.29. The van der Waals surface area contributed by atoms with Crippen molar-refractivity contribution in [1.29, 1.82) is 0 Å². The van der Waals surface area contributed by atoms with Gasteiger partial charge in [0.15, 0.2) is 0 Å². The Labute approximate surface area is 84.3 Å². The number of halogens is 1. The molecule has 0 aliphatic heterocycles. The molecule has 4 heteroatoms. The highest BCUT2D eigenvalue weighted by Gasteiger charge is 2.06. The Morgan fingerprint density at radius 3 is 2.82 bits per heavy atom. The molecule has 60 valence electrons. The van der Waals surface area contributed by atoms with Crippen LogP contribution in [-0.4, -0.2) is 2.78 Å². The Balaban J connectivity index is 3.11. The fourth-order valence-electron chi connectivity index (χ4n) is 0.830. The first-order valence-corrected chi connectivity index (χ1v) is 4.92. The molecule has 0 aromatic carbocycles. The van der Waals surface area contributed by atoms with Gasteiger partial charge in [-0.15, -0.1) is 0 Å². The minimum Gasteiger partial charge on any atom is -0.384 e. The first-order valence-electron chi connectivity index (χ1n) is 3.08. The van der Waals surface area contributed by atoms with Crippen LogP contribution in [0.15, 0.2) is 23.1 Å². The Morgan fingerprint density at radius 1 is 1.82 bits per heavy atom. The van der Waals surface area contributed by atoms with Crippen molar-refractivity contribution in [2.45, 2.75) is 11.9 Å². The largest absolute Gasteiger partial charge is 0.384 e. The molecule has 0 aliphatic carbocycles. The first kappa shape index (κ1) is 8.99. The van der Waals surface area contributed by atoms with Crippen LogP contribution >= 0.6 is 34.6 Å². The zero-order valence-corrected chi connectivity index (χ0v) is 9.15. The van der Waals surface area contributed by atoms with Crippen molar-refractivity contribution >= 4 is 40.4 Å². The van der Waals surface area contributed by atoms with E-state index in [0.29, 0.717) is 0 Å². The highest BCUT2D eigenvalue weighted by atomic mass is 127. The maximum Gasteiger partial charge on any atom is 0.113 e. The molecule has 0 bridgehead atoms. The molecule has 0 atom stereocenters. The predicted molar refractivity (Wildman–Crippen MR) is 59.1 cm³/mol. The Kier molecular flexibility index (Phi) is 2.89. The lowest BCUT2D eigenvalue weighted by Crippen LogP contribution is -1.89. The number of hydrogen-bond donors (Lipinski definition) is 1. The quantitative estimate of drug-likeness (QED) is 0.667. The molecule has 1 aromatic heterocycles. The van der Waals surface area contributed by atoms with Crippen molar-refractivity contribution in [3.8, 4) is 0 Å². The third kappa shape index (κ3) is 1.73. The zero-order chi connectivity index (χ0) is 8.43. The third-order valence-electron chi connectivity index (χ3n) is 1.30. The molecule has 0 spiro atoms. The van der Waals surface area contributed by atoms with Crippen LogP contribution in [0, 0.1) is 6.92 Å². The van der Waals surface area contributed by atoms with Gasteiger partial charge >= 0.3 is 0 Å². The predicted octanol–water partition coefficient (Wildman–Crippen LogP) is 2.81. The highest BCUT2D eigenvalue weighted by Crippen LogP contribution is 2.29. The van der Waals surface area contributed by atoms with Crippen LogP contribution in [0.5, 0.6) is 0 Å². The molecule has 0 amide bonds. The standard InChI is InChI=1S/C7H9IN2S/c1-3-11-7-5(2)4-6(9)10(7)8/h3-4H,1,9H2,2H3. The molecule has 0 fully saturated rings. The van der Waals surface area contributed by atoms with Crippen LogP contribution in [0.4, 0.5) is 5.82 Å². The second kappa shape index (κ2) is 3.53. The summed E-state index contributed by atoms with van der Waals surface area (Å²) in [5.41, 5.74) is 6.88. The van der Waals surface area contributed by atoms with E-state index in [1.165, 1.54) is 5.56 Å². The average molecular weight is 280 g/mol. The van der Waals surface area contributed by atoms with Crippen molar-refractivity contribution in [2.75, 3.05) is 5.73 Å². The van der Waals surface area contributed by atoms with E-state index in [0.717, 1.165) is 10.8 Å². The van der Waals surface area contributed by atoms with E-state index in [9.17, 15) is 0 Å². The molecule has 11 heavy (non-hydrogen) atoms. The van der Waals surface area contributed by atoms with Crippen LogP contribution in [0.25, 0.3) is 0 Å². The van der Waals surface area contributed by atoms with E-state index in [1.54, 1.807) is 17.2 Å². The maximum absolute atomic E-state index is 5.68. The molecule has 0 radical (unpaired) electrons. The van der Waals surface area contributed by atoms with Gasteiger partial charge in [-0.25, -0.2) is 0 Å². The van der Waals surface area contributed by atoms with Crippen molar-refractivity contribution in [2.24, 2.45) is 0 Å². The molecular formula is C7H9IN2S. The highest BCUT2D eigenvalue weighted by molar-refractivity contribution is 14.1. The van der Waals surface area contributed by atoms with E-state index < -0.39 is 0 Å². The number of rotatable bonds is 2. The summed E-state index contributed by atoms with van der Waals surface area (Å²) in [6.45, 7) is 5.69. The molecular weight excluding hydrogens is 271 g/mol. The van der Waals surface area contributed by atoms with E-state index in [-0.39, 0.29) is 0 Å². The Bertz CT molecular complexity index is 280. The smallest absolute Gasteiger partial charge is 0.113 e. The van der Waals surface area contributed by atoms with Gasteiger partial charge in [-0.1, -0.05) is 18.3 Å². The van der Waals surface area contributed by atoms with Crippen LogP contribution in [0.2, 0.25) is 0 Å². The van der Waals surface area contributed by atoms with Crippen molar-refractivity contribution < 1.29 is 0 Å². The topological polar surface area (TPSA) is 30.9 Å². The van der Waals surface area contributed by atoms with Gasteiger partial charge in [-0.2, -0.15) is 0 Å². The molecule has 0 unspecified atom stereocenters. The van der Waals surface area contributed by atoms with Gasteiger partial charge < -0.3 is 5.73 Å². The Morgan fingerprint density at radius 2 is 2.45 bits per heavy atom. The fraction of sp³-hybridized carbons (Fsp3) is 0.143. The number of nitrogens with two attached hydrogens (primary N) is 1. The summed E-state index contributed by atoms with van der Waals surface area (Å²) in [6.07, 6.45) is 0. The normalized spacial score (nSPS) is 10.0. The third-order valence-corrected chi connectivity index (χ3v) is 3.56. The summed E-state index contributed by atoms with van der Waals surface area (Å²) in [6, 6.07) is 1.96. The summed E-state index contributed by atoms with van der Waals surface area (Å²) < 4.78 is 1.93. The summed E-state index contributed by atoms with van der Waals surface area (Å²) >= 11 is 3.76. The van der Waals surface area contributed by atoms with Crippen molar-refractivity contribution in [1.82, 2.24) is 2.78 Å². The van der Waals surface area contributed by atoms with Gasteiger partial charge in [-0.05, 0) is 24.0 Å². The van der Waals surface area contributed by atoms with Crippen molar-refractivity contribution in [3.63, 3.8) is 0 Å². The maximum atomic E-state index is 5.68. The van der Waals surface area contributed by atoms with E-state index in [2.05, 4.69) is 29.4 Å². The summed E-state index contributed by atoms with van der Waals surface area (Å²) in [7, 11) is 0. The minimum absolute atomic E-state index is 0.785. The van der Waals surface area contributed by atoms with Gasteiger partial charge in [0, 0.05) is 0 Å². The number of nitrogens with zero attached hydrogens (tertiary/aromatic N) is 1. The number of aryl methyl sites for hydroxylation is 1. The SMILES string of the molecule is C=CSc1c(C)cc(N)n1I. The van der Waals surface area contributed by atoms with Crippen molar-refractivity contribution in [3.05, 3.63) is 23.6 Å². The molecule has 0 aliphatic rings. The van der Waals surface area contributed by atoms with Gasteiger partial charge in [0.25, 0.3) is 0 Å². The van der Waals surface area contributed by atoms with Crippen LogP contribution in [0.3, 0.4) is 0 Å². The number of nitrogen functional groups attached to an aromatic ring is 1. The second-order valence-corrected chi connectivity index (χ2v) is 4.04. The van der Waals surface area contributed by atoms with E-state index in [4.69, 9.17) is 5.73 Å². The zero-order valence-electron chi connectivity index (χ0n) is 6.17. The number of hydrogen-bond acceptors (Lipinski definition) is 2. The number of anilines is 1. The lowest BCUT2D eigenvalue weighted by Gasteiger charge is -1.98. The number of thioether (sulfide) groups is 1. The van der Waals surface area contributed by atoms with Gasteiger partial charge in [-0.3, -0.25) is 2.78 Å². The molecule has 1 heterocycles. The van der Waals surface area contributed by atoms with Crippen LogP contribution in [0.1, 0.15) is 5.56 Å². The molecule has 1 aromatic rings. The minimum atomic E-state index is 0.785. The molecule has 0 saturated carbocycles. The van der Waals surface area contributed by atoms with E-state index >= 15 is 0 Å². The summed E-state index contributed by atoms with van der Waals surface area (Å²) in [5.74, 6) is 0.785. The molecule has 0 saturated heterocycles. The Hall–Kier alpha value is -0.100. The van der Waals surface area contributed by atoms with Gasteiger partial charge in [0.2, 0.25) is 0 Å². The first-order chi connectivity index (χ1) is 5.16. The lowest BCUT2D eigenvalue weighted by atomic mass is 10.4. The number of aromatic nitrogens is 1. The van der Waals surface area contributed by atoms with Crippen LogP contribution < -0.4 is 5.73 Å². The van der Waals surface area contributed by atoms with E-state index in [1.807, 2.05) is 15.8 Å². The molecule has 2 N–H and O–H groups in total. The second-order valence-electron chi connectivity index (χ2n) is 2.12. The monoisotopic (exact) mass is 280 g/mol. The van der Waals surface area contributed by atoms with Crippen LogP contribution in [-0.2, 0) is 0 Å².